The van der Waals surface area contributed by atoms with Crippen LogP contribution in [0.5, 0.6) is 0 Å². The number of halogens is 5. The summed E-state index contributed by atoms with van der Waals surface area (Å²) < 4.78 is 0. The fourth-order valence-electron chi connectivity index (χ4n) is 3.47. The highest BCUT2D eigenvalue weighted by molar-refractivity contribution is 6.32. The molecule has 0 heterocycles. The fourth-order valence-corrected chi connectivity index (χ4v) is 6.51. The van der Waals surface area contributed by atoms with Crippen LogP contribution in [-0.2, 0) is 0 Å². The fraction of sp³-hybridized carbons (Fsp3) is 1.00. The van der Waals surface area contributed by atoms with E-state index in [1.165, 1.54) is 0 Å². The number of rotatable bonds is 3. The van der Waals surface area contributed by atoms with E-state index in [1.807, 2.05) is 0 Å². The molecule has 0 unspecified atom stereocenters. The minimum absolute atomic E-state index is 0.0448. The first kappa shape index (κ1) is 12.9. The van der Waals surface area contributed by atoms with Crippen molar-refractivity contribution in [1.29, 1.82) is 0 Å². The predicted molar refractivity (Wildman–Crippen MR) is 69.0 cm³/mol. The molecule has 0 aliphatic heterocycles. The van der Waals surface area contributed by atoms with Crippen molar-refractivity contribution in [2.75, 3.05) is 17.6 Å². The van der Waals surface area contributed by atoms with Gasteiger partial charge >= 0.3 is 0 Å². The van der Waals surface area contributed by atoms with Crippen LogP contribution in [0.1, 0.15) is 12.8 Å². The molecule has 0 nitrogen and oxygen atoms in total. The smallest absolute Gasteiger partial charge is 0.0576 e. The van der Waals surface area contributed by atoms with Crippen molar-refractivity contribution in [2.45, 2.75) is 23.6 Å². The second-order valence-corrected chi connectivity index (χ2v) is 6.48. The summed E-state index contributed by atoms with van der Waals surface area (Å²) in [5, 5.41) is -0.149. The Morgan fingerprint density at radius 2 is 1.60 bits per heavy atom. The van der Waals surface area contributed by atoms with Gasteiger partial charge in [-0.2, -0.15) is 0 Å². The maximum Gasteiger partial charge on any atom is 0.0576 e. The van der Waals surface area contributed by atoms with E-state index in [0.717, 1.165) is 12.8 Å². The summed E-state index contributed by atoms with van der Waals surface area (Å²) in [6.45, 7) is 0. The zero-order valence-corrected chi connectivity index (χ0v) is 11.9. The first-order valence-corrected chi connectivity index (χ1v) is 7.53. The lowest BCUT2D eigenvalue weighted by atomic mass is 9.70. The highest BCUT2D eigenvalue weighted by Gasteiger charge is 2.70. The van der Waals surface area contributed by atoms with Gasteiger partial charge in [0.05, 0.1) is 10.8 Å². The van der Waals surface area contributed by atoms with E-state index in [1.54, 1.807) is 0 Å². The Morgan fingerprint density at radius 3 is 2.00 bits per heavy atom. The molecule has 2 fully saturated rings. The molecule has 2 aliphatic rings. The SMILES string of the molecule is ClCC1(CCl)[C@@H]2CC[C@@]1(CCl)[C@H](Cl)[C@H]2Cl. The monoisotopic (exact) mass is 308 g/mol. The molecule has 4 atom stereocenters. The van der Waals surface area contributed by atoms with Gasteiger partial charge in [-0.15, -0.1) is 58.0 Å². The highest BCUT2D eigenvalue weighted by Crippen LogP contribution is 2.69. The van der Waals surface area contributed by atoms with Crippen molar-refractivity contribution in [2.24, 2.45) is 16.7 Å². The Kier molecular flexibility index (Phi) is 3.68. The van der Waals surface area contributed by atoms with Crippen LogP contribution in [0.4, 0.5) is 0 Å². The minimum Gasteiger partial charge on any atom is -0.126 e. The standard InChI is InChI=1S/C10H13Cl5/c11-3-9-2-1-6(7(14)8(9)15)10(9,4-12)5-13/h6-8H,1-5H2/t6-,7+,8-,9-/m1/s1. The number of fused-ring (bicyclic) bond motifs is 2. The average molecular weight is 310 g/mol. The molecule has 0 aromatic heterocycles. The third-order valence-electron chi connectivity index (χ3n) is 4.51. The summed E-state index contributed by atoms with van der Waals surface area (Å²) in [6, 6.07) is 0. The third-order valence-corrected chi connectivity index (χ3v) is 7.32. The van der Waals surface area contributed by atoms with E-state index in [9.17, 15) is 0 Å². The minimum atomic E-state index is -0.170. The lowest BCUT2D eigenvalue weighted by molar-refractivity contribution is 0.168. The van der Waals surface area contributed by atoms with Crippen molar-refractivity contribution in [3.63, 3.8) is 0 Å². The zero-order valence-electron chi connectivity index (χ0n) is 8.16. The van der Waals surface area contributed by atoms with Crippen molar-refractivity contribution in [3.8, 4) is 0 Å². The molecule has 2 bridgehead atoms. The maximum atomic E-state index is 6.42. The van der Waals surface area contributed by atoms with E-state index in [-0.39, 0.29) is 21.6 Å². The Bertz CT molecular complexity index is 247. The topological polar surface area (TPSA) is 0 Å². The van der Waals surface area contributed by atoms with Crippen LogP contribution in [0, 0.1) is 16.7 Å². The molecule has 0 spiro atoms. The molecule has 0 amide bonds. The molecule has 2 saturated carbocycles. The highest BCUT2D eigenvalue weighted by atomic mass is 35.5. The number of hydrogen-bond donors (Lipinski definition) is 0. The molecule has 88 valence electrons. The molecule has 0 aromatic rings. The largest absolute Gasteiger partial charge is 0.126 e. The van der Waals surface area contributed by atoms with Gasteiger partial charge in [0, 0.05) is 28.5 Å². The lowest BCUT2D eigenvalue weighted by Crippen LogP contribution is -2.44. The Hall–Kier alpha value is 1.45. The Balaban J connectivity index is 2.47. The summed E-state index contributed by atoms with van der Waals surface area (Å²) in [6.07, 6.45) is 2.04. The maximum absolute atomic E-state index is 6.42. The van der Waals surface area contributed by atoms with Crippen LogP contribution in [0.3, 0.4) is 0 Å². The van der Waals surface area contributed by atoms with E-state index in [2.05, 4.69) is 0 Å². The zero-order chi connectivity index (χ0) is 11.3. The van der Waals surface area contributed by atoms with E-state index in [4.69, 9.17) is 58.0 Å². The van der Waals surface area contributed by atoms with Crippen LogP contribution < -0.4 is 0 Å². The van der Waals surface area contributed by atoms with Gasteiger partial charge in [0.2, 0.25) is 0 Å². The second kappa shape index (κ2) is 4.28. The lowest BCUT2D eigenvalue weighted by Gasteiger charge is -2.41. The molecule has 15 heavy (non-hydrogen) atoms. The molecule has 0 radical (unpaired) electrons. The molecule has 2 aliphatic carbocycles. The molecule has 2 rings (SSSR count). The van der Waals surface area contributed by atoms with Gasteiger partial charge < -0.3 is 0 Å². The van der Waals surface area contributed by atoms with Gasteiger partial charge in [0.15, 0.2) is 0 Å². The number of alkyl halides is 5. The summed E-state index contributed by atoms with van der Waals surface area (Å²) in [5.41, 5.74) is -0.340. The quantitative estimate of drug-likeness (QED) is 0.681. The van der Waals surface area contributed by atoms with Crippen LogP contribution in [0.2, 0.25) is 0 Å². The van der Waals surface area contributed by atoms with Gasteiger partial charge in [-0.1, -0.05) is 0 Å². The predicted octanol–water partition coefficient (Wildman–Crippen LogP) is 4.31. The van der Waals surface area contributed by atoms with Crippen molar-refractivity contribution in [1.82, 2.24) is 0 Å². The van der Waals surface area contributed by atoms with Crippen LogP contribution in [0.15, 0.2) is 0 Å². The van der Waals surface area contributed by atoms with E-state index < -0.39 is 0 Å². The van der Waals surface area contributed by atoms with Crippen molar-refractivity contribution < 1.29 is 0 Å². The molecular weight excluding hydrogens is 297 g/mol. The first-order valence-electron chi connectivity index (χ1n) is 5.05. The van der Waals surface area contributed by atoms with Crippen LogP contribution in [-0.4, -0.2) is 28.4 Å². The van der Waals surface area contributed by atoms with Gasteiger partial charge in [-0.3, -0.25) is 0 Å². The third kappa shape index (κ3) is 1.35. The van der Waals surface area contributed by atoms with Crippen molar-refractivity contribution >= 4 is 58.0 Å². The molecule has 0 saturated heterocycles. The Labute approximate surface area is 116 Å². The summed E-state index contributed by atoms with van der Waals surface area (Å²) in [4.78, 5) is 0. The average Bonchev–Trinajstić information content (AvgIpc) is 2.69. The Morgan fingerprint density at radius 1 is 1.00 bits per heavy atom. The number of hydrogen-bond acceptors (Lipinski definition) is 0. The molecule has 5 heteroatoms. The molecule has 0 N–H and O–H groups in total. The van der Waals surface area contributed by atoms with E-state index in [0.29, 0.717) is 23.6 Å². The summed E-state index contributed by atoms with van der Waals surface area (Å²) in [7, 11) is 0. The van der Waals surface area contributed by atoms with Gasteiger partial charge in [0.25, 0.3) is 0 Å². The summed E-state index contributed by atoms with van der Waals surface area (Å²) in [5.74, 6) is 1.82. The van der Waals surface area contributed by atoms with Gasteiger partial charge in [-0.05, 0) is 18.8 Å². The normalized spacial score (nSPS) is 47.4. The van der Waals surface area contributed by atoms with Crippen LogP contribution >= 0.6 is 58.0 Å². The van der Waals surface area contributed by atoms with Gasteiger partial charge in [-0.25, -0.2) is 0 Å². The first-order chi connectivity index (χ1) is 7.09. The second-order valence-electron chi connectivity index (χ2n) is 4.70. The summed E-state index contributed by atoms with van der Waals surface area (Å²) >= 11 is 31.2. The van der Waals surface area contributed by atoms with Crippen molar-refractivity contribution in [3.05, 3.63) is 0 Å². The van der Waals surface area contributed by atoms with Crippen LogP contribution in [0.25, 0.3) is 0 Å². The van der Waals surface area contributed by atoms with E-state index >= 15 is 0 Å². The molecule has 0 aromatic carbocycles. The van der Waals surface area contributed by atoms with Gasteiger partial charge in [0.1, 0.15) is 0 Å². The molecular formula is C10H13Cl5.